The van der Waals surface area contributed by atoms with E-state index in [4.69, 9.17) is 0 Å². The quantitative estimate of drug-likeness (QED) is 0.839. The molecule has 2 aliphatic rings. The molecule has 132 valence electrons. The van der Waals surface area contributed by atoms with Crippen molar-refractivity contribution in [3.8, 4) is 5.75 Å². The molecule has 0 saturated carbocycles. The van der Waals surface area contributed by atoms with Crippen molar-refractivity contribution in [1.82, 2.24) is 30.4 Å². The van der Waals surface area contributed by atoms with Crippen molar-refractivity contribution in [2.45, 2.75) is 31.2 Å². The van der Waals surface area contributed by atoms with Crippen LogP contribution in [0.25, 0.3) is 0 Å². The number of fused-ring (bicyclic) bond motifs is 1. The number of likely N-dealkylation sites (N-methyl/N-ethyl adjacent to an activating group) is 1. The summed E-state index contributed by atoms with van der Waals surface area (Å²) in [7, 11) is 2.03. The molecule has 1 aliphatic heterocycles. The second-order valence-corrected chi connectivity index (χ2v) is 6.87. The van der Waals surface area contributed by atoms with Crippen molar-refractivity contribution >= 4 is 5.91 Å². The highest BCUT2D eigenvalue weighted by Crippen LogP contribution is 2.38. The van der Waals surface area contributed by atoms with Crippen LogP contribution >= 0.6 is 0 Å². The van der Waals surface area contributed by atoms with Crippen LogP contribution in [0.2, 0.25) is 0 Å². The lowest BCUT2D eigenvalue weighted by atomic mass is 9.81. The minimum atomic E-state index is -0.214. The van der Waals surface area contributed by atoms with Crippen LogP contribution in [0, 0.1) is 0 Å². The van der Waals surface area contributed by atoms with Crippen LogP contribution in [-0.2, 0) is 11.2 Å². The fourth-order valence-corrected chi connectivity index (χ4v) is 4.00. The fourth-order valence-electron chi connectivity index (χ4n) is 4.00. The average Bonchev–Trinajstić information content (AvgIpc) is 3.16. The molecule has 2 unspecified atom stereocenters. The Morgan fingerprint density at radius 1 is 1.36 bits per heavy atom. The molecule has 0 bridgehead atoms. The predicted octanol–water partition coefficient (Wildman–Crippen LogP) is 0.840. The van der Waals surface area contributed by atoms with E-state index in [0.717, 1.165) is 36.9 Å². The number of amides is 1. The maximum Gasteiger partial charge on any atom is 0.230 e. The largest absolute Gasteiger partial charge is 0.508 e. The van der Waals surface area contributed by atoms with Crippen LogP contribution in [-0.4, -0.2) is 68.1 Å². The van der Waals surface area contributed by atoms with Gasteiger partial charge in [-0.2, -0.15) is 5.21 Å². The number of nitrogens with one attached hydrogen (secondary N) is 1. The third-order valence-electron chi connectivity index (χ3n) is 5.31. The minimum Gasteiger partial charge on any atom is -0.508 e. The third kappa shape index (κ3) is 2.86. The van der Waals surface area contributed by atoms with E-state index in [0.29, 0.717) is 24.7 Å². The second-order valence-electron chi connectivity index (χ2n) is 6.87. The Morgan fingerprint density at radius 3 is 3.04 bits per heavy atom. The van der Waals surface area contributed by atoms with Crippen molar-refractivity contribution < 1.29 is 9.90 Å². The van der Waals surface area contributed by atoms with Crippen molar-refractivity contribution in [3.63, 3.8) is 0 Å². The van der Waals surface area contributed by atoms with Crippen molar-refractivity contribution in [3.05, 3.63) is 35.2 Å². The zero-order chi connectivity index (χ0) is 17.4. The number of H-pyrrole nitrogens is 1. The molecule has 0 radical (unpaired) electrons. The topological polar surface area (TPSA) is 98.2 Å². The molecule has 1 aliphatic carbocycles. The van der Waals surface area contributed by atoms with Gasteiger partial charge in [-0.15, -0.1) is 10.2 Å². The summed E-state index contributed by atoms with van der Waals surface area (Å²) in [4.78, 5) is 17.4. The van der Waals surface area contributed by atoms with Crippen LogP contribution in [0.1, 0.15) is 41.8 Å². The first kappa shape index (κ1) is 16.0. The van der Waals surface area contributed by atoms with E-state index in [2.05, 4.69) is 25.5 Å². The maximum absolute atomic E-state index is 13.4. The SMILES string of the molecule is CN1CCN(C(=O)C2CCCc3c(O)cccc32)C(c2nn[nH]n2)C1. The zero-order valence-corrected chi connectivity index (χ0v) is 14.2. The van der Waals surface area contributed by atoms with Crippen LogP contribution < -0.4 is 0 Å². The van der Waals surface area contributed by atoms with Gasteiger partial charge in [0.1, 0.15) is 11.8 Å². The number of carbonyl (C=O) groups excluding carboxylic acids is 1. The van der Waals surface area contributed by atoms with E-state index >= 15 is 0 Å². The molecule has 1 fully saturated rings. The van der Waals surface area contributed by atoms with E-state index in [1.165, 1.54) is 0 Å². The molecule has 2 atom stereocenters. The minimum absolute atomic E-state index is 0.0921. The van der Waals surface area contributed by atoms with Crippen molar-refractivity contribution in [1.29, 1.82) is 0 Å². The fraction of sp³-hybridized carbons (Fsp3) is 0.529. The summed E-state index contributed by atoms with van der Waals surface area (Å²) < 4.78 is 0. The van der Waals surface area contributed by atoms with Gasteiger partial charge in [0, 0.05) is 19.6 Å². The lowest BCUT2D eigenvalue weighted by Crippen LogP contribution is -2.51. The number of hydrogen-bond acceptors (Lipinski definition) is 6. The van der Waals surface area contributed by atoms with Crippen LogP contribution in [0.15, 0.2) is 18.2 Å². The maximum atomic E-state index is 13.4. The van der Waals surface area contributed by atoms with E-state index in [-0.39, 0.29) is 17.9 Å². The molecule has 2 aromatic rings. The Labute approximate surface area is 145 Å². The molecule has 1 aromatic carbocycles. The zero-order valence-electron chi connectivity index (χ0n) is 14.2. The van der Waals surface area contributed by atoms with E-state index in [1.807, 2.05) is 24.1 Å². The molecule has 0 spiro atoms. The van der Waals surface area contributed by atoms with Crippen LogP contribution in [0.5, 0.6) is 5.75 Å². The summed E-state index contributed by atoms with van der Waals surface area (Å²) in [6, 6.07) is 5.29. The van der Waals surface area contributed by atoms with E-state index < -0.39 is 0 Å². The molecule has 2 heterocycles. The Bertz CT molecular complexity index is 763. The van der Waals surface area contributed by atoms with Gasteiger partial charge in [-0.3, -0.25) is 4.79 Å². The summed E-state index contributed by atoms with van der Waals surface area (Å²) in [5.74, 6) is 0.720. The van der Waals surface area contributed by atoms with Gasteiger partial charge in [0.2, 0.25) is 5.91 Å². The van der Waals surface area contributed by atoms with Crippen LogP contribution in [0.4, 0.5) is 0 Å². The lowest BCUT2D eigenvalue weighted by Gasteiger charge is -2.40. The number of tetrazole rings is 1. The Balaban J connectivity index is 1.65. The number of hydrogen-bond donors (Lipinski definition) is 2. The molecule has 1 aromatic heterocycles. The van der Waals surface area contributed by atoms with Gasteiger partial charge >= 0.3 is 0 Å². The second kappa shape index (κ2) is 6.44. The van der Waals surface area contributed by atoms with E-state index in [1.54, 1.807) is 6.07 Å². The van der Waals surface area contributed by atoms with Gasteiger partial charge < -0.3 is 14.9 Å². The highest BCUT2D eigenvalue weighted by atomic mass is 16.3. The van der Waals surface area contributed by atoms with Crippen molar-refractivity contribution in [2.24, 2.45) is 0 Å². The number of nitrogens with zero attached hydrogens (tertiary/aromatic N) is 5. The molecule has 4 rings (SSSR count). The first-order valence-electron chi connectivity index (χ1n) is 8.68. The summed E-state index contributed by atoms with van der Waals surface area (Å²) in [6.45, 7) is 2.14. The van der Waals surface area contributed by atoms with Gasteiger partial charge in [0.25, 0.3) is 0 Å². The number of benzene rings is 1. The molecule has 1 amide bonds. The van der Waals surface area contributed by atoms with Crippen LogP contribution in [0.3, 0.4) is 0 Å². The predicted molar refractivity (Wildman–Crippen MR) is 89.9 cm³/mol. The first-order valence-corrected chi connectivity index (χ1v) is 8.68. The number of rotatable bonds is 2. The highest BCUT2D eigenvalue weighted by molar-refractivity contribution is 5.85. The molecular formula is C17H22N6O2. The number of phenolic OH excluding ortho intramolecular Hbond substituents is 1. The van der Waals surface area contributed by atoms with Crippen molar-refractivity contribution in [2.75, 3.05) is 26.7 Å². The normalized spacial score (nSPS) is 24.1. The van der Waals surface area contributed by atoms with Gasteiger partial charge in [0.15, 0.2) is 5.82 Å². The number of phenols is 1. The summed E-state index contributed by atoms with van der Waals surface area (Å²) >= 11 is 0. The number of piperazine rings is 1. The van der Waals surface area contributed by atoms with Gasteiger partial charge in [0.05, 0.1) is 5.92 Å². The number of aromatic hydroxyl groups is 1. The summed E-state index contributed by atoms with van der Waals surface area (Å²) in [5.41, 5.74) is 1.87. The Kier molecular flexibility index (Phi) is 4.12. The highest BCUT2D eigenvalue weighted by Gasteiger charge is 2.38. The number of carbonyl (C=O) groups is 1. The number of aromatic amines is 1. The van der Waals surface area contributed by atoms with Gasteiger partial charge in [-0.05, 0) is 43.5 Å². The first-order chi connectivity index (χ1) is 12.1. The Hall–Kier alpha value is -2.48. The molecule has 2 N–H and O–H groups in total. The smallest absolute Gasteiger partial charge is 0.230 e. The Morgan fingerprint density at radius 2 is 2.24 bits per heavy atom. The molecule has 8 heteroatoms. The summed E-state index contributed by atoms with van der Waals surface area (Å²) in [6.07, 6.45) is 2.53. The monoisotopic (exact) mass is 342 g/mol. The van der Waals surface area contributed by atoms with E-state index in [9.17, 15) is 9.90 Å². The third-order valence-corrected chi connectivity index (χ3v) is 5.31. The average molecular weight is 342 g/mol. The summed E-state index contributed by atoms with van der Waals surface area (Å²) in [5, 5.41) is 24.5. The number of aromatic nitrogens is 4. The molecule has 8 nitrogen and oxygen atoms in total. The van der Waals surface area contributed by atoms with Gasteiger partial charge in [-0.1, -0.05) is 17.3 Å². The lowest BCUT2D eigenvalue weighted by molar-refractivity contribution is -0.138. The van der Waals surface area contributed by atoms with Gasteiger partial charge in [-0.25, -0.2) is 0 Å². The standard InChI is InChI=1S/C17H22N6O2/c1-22-8-9-23(14(10-22)16-18-20-21-19-16)17(25)13-6-2-5-12-11(13)4-3-7-15(12)24/h3-4,7,13-14,24H,2,5-6,8-10H2,1H3,(H,18,19,20,21). The molecule has 1 saturated heterocycles. The molecule has 25 heavy (non-hydrogen) atoms. The molecular weight excluding hydrogens is 320 g/mol.